The molecule has 1 aliphatic carbocycles. The predicted molar refractivity (Wildman–Crippen MR) is 92.7 cm³/mol. The number of piperidine rings is 1. The zero-order chi connectivity index (χ0) is 16.4. The van der Waals surface area contributed by atoms with E-state index in [0.29, 0.717) is 22.5 Å². The van der Waals surface area contributed by atoms with Gasteiger partial charge in [0.2, 0.25) is 5.91 Å². The van der Waals surface area contributed by atoms with Gasteiger partial charge in [-0.25, -0.2) is 0 Å². The molecular weight excluding hydrogens is 308 g/mol. The molecular formula is C17H28N4OS. The SMILES string of the molecule is CC1CCCC(CC(=O)N2CCCC(c3n[nH]c(=S)n3C)C2)C1. The molecule has 23 heavy (non-hydrogen) atoms. The van der Waals surface area contributed by atoms with E-state index in [9.17, 15) is 4.79 Å². The largest absolute Gasteiger partial charge is 0.342 e. The monoisotopic (exact) mass is 336 g/mol. The van der Waals surface area contributed by atoms with Gasteiger partial charge in [0, 0.05) is 32.5 Å². The predicted octanol–water partition coefficient (Wildman–Crippen LogP) is 3.40. The first-order valence-electron chi connectivity index (χ1n) is 8.93. The first-order valence-corrected chi connectivity index (χ1v) is 9.34. The number of nitrogens with zero attached hydrogens (tertiary/aromatic N) is 3. The third-order valence-corrected chi connectivity index (χ3v) is 5.93. The van der Waals surface area contributed by atoms with E-state index in [0.717, 1.165) is 44.1 Å². The van der Waals surface area contributed by atoms with Crippen molar-refractivity contribution in [1.82, 2.24) is 19.7 Å². The quantitative estimate of drug-likeness (QED) is 0.861. The van der Waals surface area contributed by atoms with E-state index < -0.39 is 0 Å². The maximum atomic E-state index is 12.7. The van der Waals surface area contributed by atoms with Crippen LogP contribution in [0.25, 0.3) is 0 Å². The van der Waals surface area contributed by atoms with E-state index in [4.69, 9.17) is 12.2 Å². The van der Waals surface area contributed by atoms with Crippen molar-refractivity contribution < 1.29 is 4.79 Å². The summed E-state index contributed by atoms with van der Waals surface area (Å²) in [7, 11) is 1.95. The van der Waals surface area contributed by atoms with E-state index in [2.05, 4.69) is 22.0 Å². The van der Waals surface area contributed by atoms with Crippen molar-refractivity contribution in [2.45, 2.75) is 57.8 Å². The fourth-order valence-corrected chi connectivity index (χ4v) is 4.40. The van der Waals surface area contributed by atoms with Gasteiger partial charge >= 0.3 is 0 Å². The number of amides is 1. The Morgan fingerprint density at radius 2 is 2.17 bits per heavy atom. The third-order valence-electron chi connectivity index (χ3n) is 5.56. The van der Waals surface area contributed by atoms with Gasteiger partial charge in [-0.2, -0.15) is 5.10 Å². The molecule has 2 aliphatic rings. The number of likely N-dealkylation sites (tertiary alicyclic amines) is 1. The summed E-state index contributed by atoms with van der Waals surface area (Å²) >= 11 is 5.21. The Bertz CT molecular complexity index is 608. The van der Waals surface area contributed by atoms with Crippen molar-refractivity contribution in [3.05, 3.63) is 10.6 Å². The molecule has 0 aromatic carbocycles. The molecule has 3 atom stereocenters. The highest BCUT2D eigenvalue weighted by Crippen LogP contribution is 2.32. The van der Waals surface area contributed by atoms with Gasteiger partial charge in [0.1, 0.15) is 5.82 Å². The number of carbonyl (C=O) groups is 1. The summed E-state index contributed by atoms with van der Waals surface area (Å²) in [5.74, 6) is 3.00. The number of hydrogen-bond acceptors (Lipinski definition) is 3. The second kappa shape index (κ2) is 7.16. The minimum absolute atomic E-state index is 0.302. The highest BCUT2D eigenvalue weighted by atomic mass is 32.1. The molecule has 0 spiro atoms. The summed E-state index contributed by atoms with van der Waals surface area (Å²) in [5, 5.41) is 7.23. The molecule has 2 heterocycles. The van der Waals surface area contributed by atoms with E-state index in [1.54, 1.807) is 0 Å². The molecule has 0 radical (unpaired) electrons. The van der Waals surface area contributed by atoms with Gasteiger partial charge in [0.25, 0.3) is 0 Å². The van der Waals surface area contributed by atoms with Crippen LogP contribution in [0.2, 0.25) is 0 Å². The minimum atomic E-state index is 0.302. The molecule has 0 bridgehead atoms. The summed E-state index contributed by atoms with van der Waals surface area (Å²) in [4.78, 5) is 14.8. The number of carbonyl (C=O) groups excluding carboxylic acids is 1. The minimum Gasteiger partial charge on any atom is -0.342 e. The van der Waals surface area contributed by atoms with Crippen LogP contribution in [0.1, 0.15) is 63.6 Å². The molecule has 1 aromatic rings. The van der Waals surface area contributed by atoms with Crippen LogP contribution in [0.4, 0.5) is 0 Å². The Balaban J connectivity index is 1.60. The highest BCUT2D eigenvalue weighted by Gasteiger charge is 2.29. The van der Waals surface area contributed by atoms with Gasteiger partial charge in [-0.05, 0) is 49.7 Å². The number of H-pyrrole nitrogens is 1. The van der Waals surface area contributed by atoms with Gasteiger partial charge in [-0.15, -0.1) is 0 Å². The van der Waals surface area contributed by atoms with Crippen LogP contribution in [0.15, 0.2) is 0 Å². The average Bonchev–Trinajstić information content (AvgIpc) is 2.87. The maximum Gasteiger partial charge on any atom is 0.222 e. The summed E-state index contributed by atoms with van der Waals surface area (Å²) in [6.45, 7) is 4.00. The number of hydrogen-bond donors (Lipinski definition) is 1. The molecule has 1 saturated carbocycles. The smallest absolute Gasteiger partial charge is 0.222 e. The maximum absolute atomic E-state index is 12.7. The first-order chi connectivity index (χ1) is 11.0. The first kappa shape index (κ1) is 16.7. The molecule has 1 N–H and O–H groups in total. The Kier molecular flexibility index (Phi) is 5.19. The average molecular weight is 337 g/mol. The number of nitrogens with one attached hydrogen (secondary N) is 1. The zero-order valence-corrected chi connectivity index (χ0v) is 15.1. The summed E-state index contributed by atoms with van der Waals surface area (Å²) in [6, 6.07) is 0. The van der Waals surface area contributed by atoms with Crippen LogP contribution in [0.3, 0.4) is 0 Å². The lowest BCUT2D eigenvalue weighted by atomic mass is 9.80. The lowest BCUT2D eigenvalue weighted by Gasteiger charge is -2.34. The van der Waals surface area contributed by atoms with Crippen molar-refractivity contribution in [3.8, 4) is 0 Å². The van der Waals surface area contributed by atoms with Gasteiger partial charge in [0.05, 0.1) is 0 Å². The summed E-state index contributed by atoms with van der Waals surface area (Å²) in [5.41, 5.74) is 0. The van der Waals surface area contributed by atoms with Crippen LogP contribution >= 0.6 is 12.2 Å². The number of aromatic nitrogens is 3. The highest BCUT2D eigenvalue weighted by molar-refractivity contribution is 7.71. The van der Waals surface area contributed by atoms with Gasteiger partial charge < -0.3 is 9.47 Å². The Morgan fingerprint density at radius 3 is 2.87 bits per heavy atom. The second-order valence-electron chi connectivity index (χ2n) is 7.47. The molecule has 2 fully saturated rings. The van der Waals surface area contributed by atoms with E-state index >= 15 is 0 Å². The fraction of sp³-hybridized carbons (Fsp3) is 0.824. The van der Waals surface area contributed by atoms with E-state index in [1.807, 2.05) is 11.6 Å². The Hall–Kier alpha value is -1.17. The summed E-state index contributed by atoms with van der Waals surface area (Å²) < 4.78 is 2.59. The van der Waals surface area contributed by atoms with Crippen molar-refractivity contribution in [2.24, 2.45) is 18.9 Å². The van der Waals surface area contributed by atoms with Gasteiger partial charge in [-0.3, -0.25) is 9.89 Å². The molecule has 128 valence electrons. The topological polar surface area (TPSA) is 53.9 Å². The Morgan fingerprint density at radius 1 is 1.35 bits per heavy atom. The molecule has 1 aliphatic heterocycles. The van der Waals surface area contributed by atoms with Crippen molar-refractivity contribution in [2.75, 3.05) is 13.1 Å². The van der Waals surface area contributed by atoms with Crippen molar-refractivity contribution in [3.63, 3.8) is 0 Å². The fourth-order valence-electron chi connectivity index (χ4n) is 4.26. The van der Waals surface area contributed by atoms with Crippen molar-refractivity contribution >= 4 is 18.1 Å². The molecule has 3 rings (SSSR count). The van der Waals surface area contributed by atoms with Crippen LogP contribution in [0, 0.1) is 16.6 Å². The van der Waals surface area contributed by atoms with Gasteiger partial charge in [0.15, 0.2) is 4.77 Å². The lowest BCUT2D eigenvalue weighted by molar-refractivity contribution is -0.133. The number of aromatic amines is 1. The number of rotatable bonds is 3. The van der Waals surface area contributed by atoms with Crippen molar-refractivity contribution in [1.29, 1.82) is 0 Å². The lowest BCUT2D eigenvalue weighted by Crippen LogP contribution is -2.40. The standard InChI is InChI=1S/C17H28N4OS/c1-12-5-3-6-13(9-12)10-15(22)21-8-4-7-14(11-21)16-18-19-17(23)20(16)2/h12-14H,3-11H2,1-2H3,(H,19,23). The third kappa shape index (κ3) is 3.84. The molecule has 3 unspecified atom stereocenters. The summed E-state index contributed by atoms with van der Waals surface area (Å²) in [6.07, 6.45) is 7.92. The molecule has 1 aromatic heterocycles. The molecule has 1 amide bonds. The normalized spacial score (nSPS) is 28.8. The zero-order valence-electron chi connectivity index (χ0n) is 14.3. The van der Waals surface area contributed by atoms with Crippen LogP contribution in [-0.4, -0.2) is 38.7 Å². The van der Waals surface area contributed by atoms with E-state index in [-0.39, 0.29) is 0 Å². The van der Waals surface area contributed by atoms with E-state index in [1.165, 1.54) is 25.7 Å². The van der Waals surface area contributed by atoms with Gasteiger partial charge in [-0.1, -0.05) is 19.8 Å². The Labute approximate surface area is 143 Å². The molecule has 1 saturated heterocycles. The molecule has 6 heteroatoms. The van der Waals surface area contributed by atoms with Crippen LogP contribution in [0.5, 0.6) is 0 Å². The van der Waals surface area contributed by atoms with Crippen LogP contribution < -0.4 is 0 Å². The molecule has 5 nitrogen and oxygen atoms in total. The second-order valence-corrected chi connectivity index (χ2v) is 7.85. The van der Waals surface area contributed by atoms with Crippen LogP contribution in [-0.2, 0) is 11.8 Å².